The molecule has 1 aromatic rings. The number of carbonyl (C=O) groups is 1. The van der Waals surface area contributed by atoms with Crippen LogP contribution in [0.15, 0.2) is 12.1 Å². The van der Waals surface area contributed by atoms with Crippen LogP contribution in [0.3, 0.4) is 0 Å². The van der Waals surface area contributed by atoms with E-state index in [1.807, 2.05) is 32.9 Å². The minimum absolute atomic E-state index is 0.251. The molecule has 1 N–H and O–H groups in total. The second kappa shape index (κ2) is 6.08. The standard InChI is InChI=1S/C14H18N2O2/c1-6-7-15-16(14(17)18-5)13-8-10(2)12(4)11(3)9-13/h1,8-9,15H,7H2,2-5H3. The van der Waals surface area contributed by atoms with Crippen molar-refractivity contribution in [3.8, 4) is 12.3 Å². The predicted molar refractivity (Wildman–Crippen MR) is 72.4 cm³/mol. The molecule has 1 amide bonds. The van der Waals surface area contributed by atoms with Gasteiger partial charge in [0.25, 0.3) is 0 Å². The number of methoxy groups -OCH3 is 1. The average molecular weight is 246 g/mol. The highest BCUT2D eigenvalue weighted by molar-refractivity contribution is 5.86. The average Bonchev–Trinajstić information content (AvgIpc) is 2.35. The van der Waals surface area contributed by atoms with Gasteiger partial charge in [-0.05, 0) is 49.6 Å². The van der Waals surface area contributed by atoms with Crippen LogP contribution in [0.25, 0.3) is 0 Å². The lowest BCUT2D eigenvalue weighted by atomic mass is 10.0. The lowest BCUT2D eigenvalue weighted by Crippen LogP contribution is -2.43. The van der Waals surface area contributed by atoms with E-state index in [4.69, 9.17) is 11.2 Å². The Kier molecular flexibility index (Phi) is 4.75. The number of anilines is 1. The van der Waals surface area contributed by atoms with E-state index >= 15 is 0 Å². The third-order valence-electron chi connectivity index (χ3n) is 2.87. The van der Waals surface area contributed by atoms with Crippen molar-refractivity contribution in [2.75, 3.05) is 18.7 Å². The van der Waals surface area contributed by atoms with Crippen molar-refractivity contribution in [2.24, 2.45) is 0 Å². The fraction of sp³-hybridized carbons (Fsp3) is 0.357. The molecule has 0 aliphatic rings. The van der Waals surface area contributed by atoms with E-state index in [9.17, 15) is 4.79 Å². The molecule has 0 aliphatic carbocycles. The maximum Gasteiger partial charge on any atom is 0.428 e. The van der Waals surface area contributed by atoms with E-state index in [0.717, 1.165) is 16.8 Å². The van der Waals surface area contributed by atoms with Gasteiger partial charge in [0, 0.05) is 0 Å². The summed E-state index contributed by atoms with van der Waals surface area (Å²) in [6.45, 7) is 6.30. The number of benzene rings is 1. The molecule has 1 rings (SSSR count). The summed E-state index contributed by atoms with van der Waals surface area (Å²) in [5.41, 5.74) is 6.99. The summed E-state index contributed by atoms with van der Waals surface area (Å²) >= 11 is 0. The van der Waals surface area contributed by atoms with Crippen LogP contribution in [-0.2, 0) is 4.74 Å². The van der Waals surface area contributed by atoms with Gasteiger partial charge in [0.1, 0.15) is 0 Å². The Morgan fingerprint density at radius 3 is 2.39 bits per heavy atom. The molecule has 0 heterocycles. The fourth-order valence-corrected chi connectivity index (χ4v) is 1.62. The number of hydrogen-bond acceptors (Lipinski definition) is 3. The molecule has 0 aliphatic heterocycles. The summed E-state index contributed by atoms with van der Waals surface area (Å²) < 4.78 is 4.73. The van der Waals surface area contributed by atoms with Gasteiger partial charge in [-0.2, -0.15) is 0 Å². The number of aryl methyl sites for hydroxylation is 2. The van der Waals surface area contributed by atoms with Crippen LogP contribution in [0.4, 0.5) is 10.5 Å². The van der Waals surface area contributed by atoms with Gasteiger partial charge in [-0.3, -0.25) is 0 Å². The Hall–Kier alpha value is -1.99. The zero-order valence-electron chi connectivity index (χ0n) is 11.2. The van der Waals surface area contributed by atoms with Crippen LogP contribution in [0.5, 0.6) is 0 Å². The first-order valence-electron chi connectivity index (χ1n) is 5.64. The number of hydrogen-bond donors (Lipinski definition) is 1. The Labute approximate surface area is 108 Å². The molecular weight excluding hydrogens is 228 g/mol. The van der Waals surface area contributed by atoms with Crippen molar-refractivity contribution in [1.29, 1.82) is 0 Å². The number of hydrazine groups is 1. The van der Waals surface area contributed by atoms with E-state index in [0.29, 0.717) is 0 Å². The van der Waals surface area contributed by atoms with Crippen molar-refractivity contribution in [2.45, 2.75) is 20.8 Å². The van der Waals surface area contributed by atoms with E-state index in [-0.39, 0.29) is 6.54 Å². The number of terminal acetylenes is 1. The summed E-state index contributed by atoms with van der Waals surface area (Å²) in [5.74, 6) is 2.43. The van der Waals surface area contributed by atoms with Crippen LogP contribution in [-0.4, -0.2) is 19.7 Å². The summed E-state index contributed by atoms with van der Waals surface area (Å²) in [6.07, 6.45) is 4.70. The zero-order chi connectivity index (χ0) is 13.7. The normalized spacial score (nSPS) is 9.72. The number of ether oxygens (including phenoxy) is 1. The van der Waals surface area contributed by atoms with Crippen molar-refractivity contribution in [1.82, 2.24) is 5.43 Å². The van der Waals surface area contributed by atoms with Gasteiger partial charge in [-0.25, -0.2) is 15.2 Å². The SMILES string of the molecule is C#CCNN(C(=O)OC)c1cc(C)c(C)c(C)c1. The van der Waals surface area contributed by atoms with Gasteiger partial charge in [0.15, 0.2) is 0 Å². The Balaban J connectivity index is 3.13. The molecule has 0 aromatic heterocycles. The molecule has 0 saturated heterocycles. The van der Waals surface area contributed by atoms with E-state index in [2.05, 4.69) is 11.3 Å². The summed E-state index contributed by atoms with van der Waals surface area (Å²) in [6, 6.07) is 3.84. The van der Waals surface area contributed by atoms with Gasteiger partial charge in [-0.1, -0.05) is 5.92 Å². The molecule has 0 bridgehead atoms. The smallest absolute Gasteiger partial charge is 0.428 e. The number of amides is 1. The van der Waals surface area contributed by atoms with Crippen LogP contribution in [0.1, 0.15) is 16.7 Å². The van der Waals surface area contributed by atoms with Gasteiger partial charge >= 0.3 is 6.09 Å². The van der Waals surface area contributed by atoms with Crippen molar-refractivity contribution >= 4 is 11.8 Å². The minimum atomic E-state index is -0.493. The summed E-state index contributed by atoms with van der Waals surface area (Å²) in [4.78, 5) is 11.7. The second-order valence-electron chi connectivity index (χ2n) is 4.05. The Morgan fingerprint density at radius 2 is 1.94 bits per heavy atom. The van der Waals surface area contributed by atoms with Gasteiger partial charge in [-0.15, -0.1) is 6.42 Å². The topological polar surface area (TPSA) is 41.6 Å². The highest BCUT2D eigenvalue weighted by Gasteiger charge is 2.16. The number of carbonyl (C=O) groups excluding carboxylic acids is 1. The molecule has 0 atom stereocenters. The minimum Gasteiger partial charge on any atom is -0.452 e. The Morgan fingerprint density at radius 1 is 1.39 bits per heavy atom. The van der Waals surface area contributed by atoms with E-state index in [1.165, 1.54) is 17.7 Å². The molecule has 96 valence electrons. The van der Waals surface area contributed by atoms with Crippen molar-refractivity contribution in [3.63, 3.8) is 0 Å². The molecule has 0 unspecified atom stereocenters. The molecule has 0 radical (unpaired) electrons. The van der Waals surface area contributed by atoms with Crippen LogP contribution >= 0.6 is 0 Å². The zero-order valence-corrected chi connectivity index (χ0v) is 11.2. The molecule has 0 saturated carbocycles. The van der Waals surface area contributed by atoms with Crippen molar-refractivity contribution in [3.05, 3.63) is 28.8 Å². The highest BCUT2D eigenvalue weighted by Crippen LogP contribution is 2.22. The van der Waals surface area contributed by atoms with Gasteiger partial charge in [0.2, 0.25) is 0 Å². The van der Waals surface area contributed by atoms with Gasteiger partial charge < -0.3 is 4.74 Å². The summed E-state index contributed by atoms with van der Waals surface area (Å²) in [7, 11) is 1.33. The number of nitrogens with one attached hydrogen (secondary N) is 1. The molecule has 1 aromatic carbocycles. The third-order valence-corrected chi connectivity index (χ3v) is 2.87. The first kappa shape index (κ1) is 14.1. The fourth-order valence-electron chi connectivity index (χ4n) is 1.62. The van der Waals surface area contributed by atoms with Crippen LogP contribution in [0, 0.1) is 33.1 Å². The van der Waals surface area contributed by atoms with Crippen molar-refractivity contribution < 1.29 is 9.53 Å². The quantitative estimate of drug-likeness (QED) is 0.657. The molecule has 18 heavy (non-hydrogen) atoms. The predicted octanol–water partition coefficient (Wildman–Crippen LogP) is 2.32. The van der Waals surface area contributed by atoms with Crippen LogP contribution in [0.2, 0.25) is 0 Å². The summed E-state index contributed by atoms with van der Waals surface area (Å²) in [5, 5.41) is 1.32. The molecule has 0 spiro atoms. The molecule has 0 fully saturated rings. The number of nitrogens with zero attached hydrogens (tertiary/aromatic N) is 1. The monoisotopic (exact) mass is 246 g/mol. The highest BCUT2D eigenvalue weighted by atomic mass is 16.5. The Bertz CT molecular complexity index is 466. The third kappa shape index (κ3) is 3.02. The maximum absolute atomic E-state index is 11.7. The first-order chi connectivity index (χ1) is 8.51. The molecule has 4 heteroatoms. The maximum atomic E-state index is 11.7. The molecular formula is C14H18N2O2. The lowest BCUT2D eigenvalue weighted by Gasteiger charge is -2.22. The second-order valence-corrected chi connectivity index (χ2v) is 4.05. The first-order valence-corrected chi connectivity index (χ1v) is 5.64. The largest absolute Gasteiger partial charge is 0.452 e. The number of rotatable bonds is 3. The molecule has 4 nitrogen and oxygen atoms in total. The van der Waals surface area contributed by atoms with E-state index in [1.54, 1.807) is 0 Å². The van der Waals surface area contributed by atoms with E-state index < -0.39 is 6.09 Å². The van der Waals surface area contributed by atoms with Crippen LogP contribution < -0.4 is 10.4 Å². The lowest BCUT2D eigenvalue weighted by molar-refractivity contribution is 0.176. The van der Waals surface area contributed by atoms with Gasteiger partial charge in [0.05, 0.1) is 19.3 Å².